The molecule has 0 unspecified atom stereocenters. The third-order valence-electron chi connectivity index (χ3n) is 2.66. The Bertz CT molecular complexity index is 629. The van der Waals surface area contributed by atoms with Gasteiger partial charge >= 0.3 is 0 Å². The Balaban J connectivity index is 2.35. The Morgan fingerprint density at radius 1 is 1.28 bits per heavy atom. The number of nitrogens with zero attached hydrogens (tertiary/aromatic N) is 1. The van der Waals surface area contributed by atoms with Crippen LogP contribution in [0.5, 0.6) is 0 Å². The van der Waals surface area contributed by atoms with Crippen molar-refractivity contribution in [2.24, 2.45) is 0 Å². The van der Waals surface area contributed by atoms with E-state index in [1.165, 1.54) is 6.07 Å². The SMILES string of the molecule is Cc1cc(Nc2cccc(C#N)c2N)ccc1F. The van der Waals surface area contributed by atoms with Crippen molar-refractivity contribution >= 4 is 17.1 Å². The summed E-state index contributed by atoms with van der Waals surface area (Å²) in [7, 11) is 0. The van der Waals surface area contributed by atoms with Gasteiger partial charge < -0.3 is 11.1 Å². The predicted octanol–water partition coefficient (Wildman–Crippen LogP) is 3.33. The highest BCUT2D eigenvalue weighted by atomic mass is 19.1. The zero-order chi connectivity index (χ0) is 13.1. The highest BCUT2D eigenvalue weighted by molar-refractivity contribution is 5.77. The van der Waals surface area contributed by atoms with E-state index in [0.717, 1.165) is 5.69 Å². The third-order valence-corrected chi connectivity index (χ3v) is 2.66. The van der Waals surface area contributed by atoms with Gasteiger partial charge in [0.1, 0.15) is 11.9 Å². The lowest BCUT2D eigenvalue weighted by molar-refractivity contribution is 0.619. The molecule has 0 aliphatic carbocycles. The van der Waals surface area contributed by atoms with Gasteiger partial charge in [-0.3, -0.25) is 0 Å². The topological polar surface area (TPSA) is 61.8 Å². The molecule has 2 rings (SSSR count). The zero-order valence-electron chi connectivity index (χ0n) is 9.87. The number of nitrogens with two attached hydrogens (primary N) is 1. The van der Waals surface area contributed by atoms with E-state index in [0.29, 0.717) is 22.5 Å². The van der Waals surface area contributed by atoms with Crippen molar-refractivity contribution in [1.29, 1.82) is 5.26 Å². The first-order valence-electron chi connectivity index (χ1n) is 5.43. The van der Waals surface area contributed by atoms with E-state index in [4.69, 9.17) is 11.0 Å². The third kappa shape index (κ3) is 2.25. The number of hydrogen-bond donors (Lipinski definition) is 2. The lowest BCUT2D eigenvalue weighted by Gasteiger charge is -2.11. The molecule has 0 aromatic heterocycles. The molecule has 0 heterocycles. The van der Waals surface area contributed by atoms with Crippen molar-refractivity contribution in [2.75, 3.05) is 11.1 Å². The fourth-order valence-electron chi connectivity index (χ4n) is 1.65. The quantitative estimate of drug-likeness (QED) is 0.793. The van der Waals surface area contributed by atoms with Crippen LogP contribution in [-0.2, 0) is 0 Å². The van der Waals surface area contributed by atoms with Gasteiger partial charge in [-0.1, -0.05) is 6.07 Å². The molecule has 0 amide bonds. The van der Waals surface area contributed by atoms with E-state index in [2.05, 4.69) is 5.32 Å². The van der Waals surface area contributed by atoms with Crippen molar-refractivity contribution in [3.05, 3.63) is 53.3 Å². The Kier molecular flexibility index (Phi) is 3.16. The maximum atomic E-state index is 13.1. The van der Waals surface area contributed by atoms with E-state index < -0.39 is 0 Å². The van der Waals surface area contributed by atoms with Crippen LogP contribution in [0.25, 0.3) is 0 Å². The van der Waals surface area contributed by atoms with Crippen molar-refractivity contribution in [3.63, 3.8) is 0 Å². The molecule has 18 heavy (non-hydrogen) atoms. The van der Waals surface area contributed by atoms with Gasteiger partial charge in [0.15, 0.2) is 0 Å². The van der Waals surface area contributed by atoms with Crippen LogP contribution in [0, 0.1) is 24.1 Å². The smallest absolute Gasteiger partial charge is 0.126 e. The fourth-order valence-corrected chi connectivity index (χ4v) is 1.65. The van der Waals surface area contributed by atoms with Gasteiger partial charge in [0.2, 0.25) is 0 Å². The van der Waals surface area contributed by atoms with E-state index in [9.17, 15) is 4.39 Å². The molecule has 0 aliphatic rings. The summed E-state index contributed by atoms with van der Waals surface area (Å²) < 4.78 is 13.1. The Hall–Kier alpha value is -2.54. The van der Waals surface area contributed by atoms with E-state index >= 15 is 0 Å². The minimum absolute atomic E-state index is 0.251. The summed E-state index contributed by atoms with van der Waals surface area (Å²) in [6.45, 7) is 1.69. The molecule has 0 spiro atoms. The second-order valence-corrected chi connectivity index (χ2v) is 3.97. The summed E-state index contributed by atoms with van der Waals surface area (Å²) in [5.74, 6) is -0.251. The first-order valence-corrected chi connectivity index (χ1v) is 5.43. The Morgan fingerprint density at radius 2 is 2.06 bits per heavy atom. The molecule has 2 aromatic carbocycles. The van der Waals surface area contributed by atoms with Crippen molar-refractivity contribution in [2.45, 2.75) is 6.92 Å². The number of nitrogen functional groups attached to an aromatic ring is 1. The summed E-state index contributed by atoms with van der Waals surface area (Å²) >= 11 is 0. The number of rotatable bonds is 2. The molecule has 0 saturated heterocycles. The van der Waals surface area contributed by atoms with Crippen LogP contribution < -0.4 is 11.1 Å². The van der Waals surface area contributed by atoms with Crippen LogP contribution in [0.15, 0.2) is 36.4 Å². The second-order valence-electron chi connectivity index (χ2n) is 3.97. The first-order chi connectivity index (χ1) is 8.61. The van der Waals surface area contributed by atoms with Crippen molar-refractivity contribution in [1.82, 2.24) is 0 Å². The Labute approximate surface area is 105 Å². The molecule has 0 fully saturated rings. The predicted molar refractivity (Wildman–Crippen MR) is 70.0 cm³/mol. The van der Waals surface area contributed by atoms with Gasteiger partial charge in [-0.25, -0.2) is 4.39 Å². The number of nitriles is 1. The molecule has 0 radical (unpaired) electrons. The zero-order valence-corrected chi connectivity index (χ0v) is 9.87. The highest BCUT2D eigenvalue weighted by Crippen LogP contribution is 2.26. The molecule has 4 heteroatoms. The summed E-state index contributed by atoms with van der Waals surface area (Å²) in [6.07, 6.45) is 0. The number of halogens is 1. The summed E-state index contributed by atoms with van der Waals surface area (Å²) in [5, 5.41) is 12.0. The Morgan fingerprint density at radius 3 is 2.72 bits per heavy atom. The van der Waals surface area contributed by atoms with E-state index in [1.54, 1.807) is 37.3 Å². The molecule has 90 valence electrons. The van der Waals surface area contributed by atoms with Crippen LogP contribution in [0.2, 0.25) is 0 Å². The number of benzene rings is 2. The van der Waals surface area contributed by atoms with Crippen LogP contribution in [0.1, 0.15) is 11.1 Å². The molecule has 2 aromatic rings. The maximum Gasteiger partial charge on any atom is 0.126 e. The molecular weight excluding hydrogens is 229 g/mol. The minimum Gasteiger partial charge on any atom is -0.396 e. The standard InChI is InChI=1S/C14H12FN3/c1-9-7-11(5-6-12(9)15)18-13-4-2-3-10(8-16)14(13)17/h2-7,18H,17H2,1H3. The van der Waals surface area contributed by atoms with E-state index in [1.807, 2.05) is 6.07 Å². The fraction of sp³-hybridized carbons (Fsp3) is 0.0714. The molecule has 0 bridgehead atoms. The molecule has 3 nitrogen and oxygen atoms in total. The van der Waals surface area contributed by atoms with Gasteiger partial charge in [-0.05, 0) is 42.8 Å². The number of anilines is 3. The number of nitrogens with one attached hydrogen (secondary N) is 1. The molecule has 0 aliphatic heterocycles. The van der Waals surface area contributed by atoms with E-state index in [-0.39, 0.29) is 5.82 Å². The van der Waals surface area contributed by atoms with Crippen LogP contribution in [0.3, 0.4) is 0 Å². The van der Waals surface area contributed by atoms with Gasteiger partial charge in [0.05, 0.1) is 16.9 Å². The molecule has 0 atom stereocenters. The van der Waals surface area contributed by atoms with Gasteiger partial charge in [0.25, 0.3) is 0 Å². The van der Waals surface area contributed by atoms with Crippen molar-refractivity contribution < 1.29 is 4.39 Å². The highest BCUT2D eigenvalue weighted by Gasteiger charge is 2.05. The molecular formula is C14H12FN3. The van der Waals surface area contributed by atoms with Gasteiger partial charge in [0, 0.05) is 5.69 Å². The summed E-state index contributed by atoms with van der Waals surface area (Å²) in [4.78, 5) is 0. The van der Waals surface area contributed by atoms with Crippen molar-refractivity contribution in [3.8, 4) is 6.07 Å². The molecule has 3 N–H and O–H groups in total. The van der Waals surface area contributed by atoms with Gasteiger partial charge in [-0.2, -0.15) is 5.26 Å². The summed E-state index contributed by atoms with van der Waals surface area (Å²) in [5.41, 5.74) is 8.58. The average Bonchev–Trinajstić information content (AvgIpc) is 2.36. The first kappa shape index (κ1) is 11.9. The van der Waals surface area contributed by atoms with Crippen LogP contribution in [-0.4, -0.2) is 0 Å². The lowest BCUT2D eigenvalue weighted by atomic mass is 10.1. The monoisotopic (exact) mass is 241 g/mol. The molecule has 0 saturated carbocycles. The average molecular weight is 241 g/mol. The normalized spacial score (nSPS) is 9.83. The minimum atomic E-state index is -0.251. The number of para-hydroxylation sites is 1. The van der Waals surface area contributed by atoms with Crippen LogP contribution >= 0.6 is 0 Å². The van der Waals surface area contributed by atoms with Gasteiger partial charge in [-0.15, -0.1) is 0 Å². The second kappa shape index (κ2) is 4.76. The largest absolute Gasteiger partial charge is 0.396 e. The maximum absolute atomic E-state index is 13.1. The lowest BCUT2D eigenvalue weighted by Crippen LogP contribution is -1.99. The number of aryl methyl sites for hydroxylation is 1. The summed E-state index contributed by atoms with van der Waals surface area (Å²) in [6, 6.07) is 11.9. The van der Waals surface area contributed by atoms with Crippen LogP contribution in [0.4, 0.5) is 21.5 Å². The number of hydrogen-bond acceptors (Lipinski definition) is 3.